The van der Waals surface area contributed by atoms with Gasteiger partial charge in [0.05, 0.1) is 4.90 Å². The Kier molecular flexibility index (Phi) is 4.64. The minimum atomic E-state index is -3.17. The number of rotatable bonds is 5. The van der Waals surface area contributed by atoms with Gasteiger partial charge in [0.15, 0.2) is 9.84 Å². The SMILES string of the molecule is CC(C)(CCc1ccc(O)cc1)N1Cc2ccc(S(C)(=O)=O)cc2C1. The number of hydrogen-bond donors (Lipinski definition) is 1. The molecule has 134 valence electrons. The molecule has 0 amide bonds. The Bertz CT molecular complexity index is 870. The molecule has 0 atom stereocenters. The Morgan fingerprint density at radius 1 is 1.04 bits per heavy atom. The fourth-order valence-corrected chi connectivity index (χ4v) is 3.97. The third-order valence-electron chi connectivity index (χ3n) is 5.15. The molecule has 0 aliphatic carbocycles. The molecule has 3 rings (SSSR count). The Labute approximate surface area is 150 Å². The lowest BCUT2D eigenvalue weighted by molar-refractivity contribution is 0.109. The Hall–Kier alpha value is -1.85. The van der Waals surface area contributed by atoms with Gasteiger partial charge in [-0.05, 0) is 67.6 Å². The van der Waals surface area contributed by atoms with Crippen LogP contribution in [0.5, 0.6) is 5.75 Å². The van der Waals surface area contributed by atoms with Crippen molar-refractivity contribution in [1.29, 1.82) is 0 Å². The van der Waals surface area contributed by atoms with E-state index in [1.54, 1.807) is 18.2 Å². The van der Waals surface area contributed by atoms with Crippen LogP contribution in [0.4, 0.5) is 0 Å². The summed E-state index contributed by atoms with van der Waals surface area (Å²) in [6.07, 6.45) is 3.18. The molecule has 0 saturated heterocycles. The van der Waals surface area contributed by atoms with Crippen LogP contribution < -0.4 is 0 Å². The van der Waals surface area contributed by atoms with Crippen molar-refractivity contribution in [3.8, 4) is 5.75 Å². The first kappa shape index (κ1) is 18.0. The third kappa shape index (κ3) is 4.05. The molecule has 4 nitrogen and oxygen atoms in total. The minimum Gasteiger partial charge on any atom is -0.508 e. The second kappa shape index (κ2) is 6.46. The van der Waals surface area contributed by atoms with E-state index in [0.717, 1.165) is 31.5 Å². The molecule has 0 radical (unpaired) electrons. The van der Waals surface area contributed by atoms with Gasteiger partial charge in [0.1, 0.15) is 5.75 Å². The van der Waals surface area contributed by atoms with Crippen molar-refractivity contribution in [2.75, 3.05) is 6.26 Å². The topological polar surface area (TPSA) is 57.6 Å². The maximum Gasteiger partial charge on any atom is 0.175 e. The van der Waals surface area contributed by atoms with E-state index in [0.29, 0.717) is 10.6 Å². The van der Waals surface area contributed by atoms with Crippen LogP contribution in [0.25, 0.3) is 0 Å². The Balaban J connectivity index is 1.70. The van der Waals surface area contributed by atoms with Crippen LogP contribution in [-0.2, 0) is 29.3 Å². The molecular formula is C20H25NO3S. The molecule has 25 heavy (non-hydrogen) atoms. The molecule has 5 heteroatoms. The van der Waals surface area contributed by atoms with E-state index >= 15 is 0 Å². The highest BCUT2D eigenvalue weighted by molar-refractivity contribution is 7.90. The van der Waals surface area contributed by atoms with Crippen molar-refractivity contribution in [2.24, 2.45) is 0 Å². The van der Waals surface area contributed by atoms with Crippen molar-refractivity contribution in [1.82, 2.24) is 4.90 Å². The van der Waals surface area contributed by atoms with Crippen LogP contribution in [-0.4, -0.2) is 30.2 Å². The van der Waals surface area contributed by atoms with Crippen molar-refractivity contribution in [3.63, 3.8) is 0 Å². The smallest absolute Gasteiger partial charge is 0.175 e. The van der Waals surface area contributed by atoms with Gasteiger partial charge in [0.2, 0.25) is 0 Å². The fourth-order valence-electron chi connectivity index (χ4n) is 3.30. The van der Waals surface area contributed by atoms with E-state index in [4.69, 9.17) is 0 Å². The van der Waals surface area contributed by atoms with Crippen molar-refractivity contribution in [2.45, 2.75) is 50.2 Å². The zero-order chi connectivity index (χ0) is 18.2. The van der Waals surface area contributed by atoms with Gasteiger partial charge in [-0.25, -0.2) is 8.42 Å². The average Bonchev–Trinajstić information content (AvgIpc) is 2.97. The summed E-state index contributed by atoms with van der Waals surface area (Å²) in [6, 6.07) is 12.8. The summed E-state index contributed by atoms with van der Waals surface area (Å²) in [5, 5.41) is 9.39. The van der Waals surface area contributed by atoms with E-state index in [9.17, 15) is 13.5 Å². The van der Waals surface area contributed by atoms with E-state index < -0.39 is 9.84 Å². The molecule has 0 unspecified atom stereocenters. The summed E-state index contributed by atoms with van der Waals surface area (Å²) >= 11 is 0. The lowest BCUT2D eigenvalue weighted by Crippen LogP contribution is -2.40. The number of fused-ring (bicyclic) bond motifs is 1. The molecule has 0 spiro atoms. The van der Waals surface area contributed by atoms with Crippen molar-refractivity contribution in [3.05, 3.63) is 59.2 Å². The number of hydrogen-bond acceptors (Lipinski definition) is 4. The second-order valence-electron chi connectivity index (χ2n) is 7.54. The van der Waals surface area contributed by atoms with Crippen LogP contribution in [0.2, 0.25) is 0 Å². The van der Waals surface area contributed by atoms with Gasteiger partial charge in [-0.2, -0.15) is 0 Å². The maximum absolute atomic E-state index is 11.8. The summed E-state index contributed by atoms with van der Waals surface area (Å²) in [6.45, 7) is 6.09. The first-order valence-corrected chi connectivity index (χ1v) is 10.4. The molecule has 0 saturated carbocycles. The number of aryl methyl sites for hydroxylation is 1. The number of phenols is 1. The number of phenolic OH excluding ortho intramolecular Hbond substituents is 1. The van der Waals surface area contributed by atoms with Gasteiger partial charge in [-0.1, -0.05) is 18.2 Å². The second-order valence-corrected chi connectivity index (χ2v) is 9.55. The largest absolute Gasteiger partial charge is 0.508 e. The molecule has 0 aromatic heterocycles. The predicted octanol–water partition coefficient (Wildman–Crippen LogP) is 3.52. The van der Waals surface area contributed by atoms with Crippen LogP contribution in [0.1, 0.15) is 37.0 Å². The molecule has 2 aromatic carbocycles. The lowest BCUT2D eigenvalue weighted by Gasteiger charge is -2.35. The van der Waals surface area contributed by atoms with Gasteiger partial charge in [-0.3, -0.25) is 4.90 Å². The standard InChI is InChI=1S/C20H25NO3S/c1-20(2,11-10-15-4-7-18(22)8-5-15)21-13-16-6-9-19(25(3,23)24)12-17(16)14-21/h4-9,12,22H,10-11,13-14H2,1-3H3. The monoisotopic (exact) mass is 359 g/mol. The molecule has 1 aliphatic rings. The number of nitrogens with zero attached hydrogens (tertiary/aromatic N) is 1. The van der Waals surface area contributed by atoms with E-state index in [-0.39, 0.29) is 5.54 Å². The van der Waals surface area contributed by atoms with Crippen molar-refractivity contribution >= 4 is 9.84 Å². The summed E-state index contributed by atoms with van der Waals surface area (Å²) < 4.78 is 23.5. The van der Waals surface area contributed by atoms with Crippen molar-refractivity contribution < 1.29 is 13.5 Å². The summed E-state index contributed by atoms with van der Waals surface area (Å²) in [5.74, 6) is 0.291. The molecule has 2 aromatic rings. The summed E-state index contributed by atoms with van der Waals surface area (Å²) in [5.41, 5.74) is 3.54. The lowest BCUT2D eigenvalue weighted by atomic mass is 9.93. The Morgan fingerprint density at radius 2 is 1.68 bits per heavy atom. The number of aromatic hydroxyl groups is 1. The third-order valence-corrected chi connectivity index (χ3v) is 6.26. The maximum atomic E-state index is 11.8. The minimum absolute atomic E-state index is 0.00214. The summed E-state index contributed by atoms with van der Waals surface area (Å²) in [7, 11) is -3.17. The average molecular weight is 359 g/mol. The highest BCUT2D eigenvalue weighted by Gasteiger charge is 2.32. The van der Waals surface area contributed by atoms with Gasteiger partial charge in [-0.15, -0.1) is 0 Å². The normalized spacial score (nSPS) is 15.3. The van der Waals surface area contributed by atoms with E-state index in [1.165, 1.54) is 17.4 Å². The van der Waals surface area contributed by atoms with Gasteiger partial charge in [0.25, 0.3) is 0 Å². The first-order chi connectivity index (χ1) is 11.6. The molecule has 1 heterocycles. The summed E-state index contributed by atoms with van der Waals surface area (Å²) in [4.78, 5) is 2.81. The molecular weight excluding hydrogens is 334 g/mol. The highest BCUT2D eigenvalue weighted by atomic mass is 32.2. The van der Waals surface area contributed by atoms with E-state index in [2.05, 4.69) is 18.7 Å². The van der Waals surface area contributed by atoms with Gasteiger partial charge < -0.3 is 5.11 Å². The molecule has 1 N–H and O–H groups in total. The van der Waals surface area contributed by atoms with E-state index in [1.807, 2.05) is 24.3 Å². The van der Waals surface area contributed by atoms with Gasteiger partial charge >= 0.3 is 0 Å². The highest BCUT2D eigenvalue weighted by Crippen LogP contribution is 2.33. The van der Waals surface area contributed by atoms with Crippen LogP contribution in [0.3, 0.4) is 0 Å². The van der Waals surface area contributed by atoms with Crippen LogP contribution >= 0.6 is 0 Å². The zero-order valence-corrected chi connectivity index (χ0v) is 15.8. The number of benzene rings is 2. The molecule has 1 aliphatic heterocycles. The number of sulfone groups is 1. The van der Waals surface area contributed by atoms with Gasteiger partial charge in [0, 0.05) is 24.9 Å². The molecule has 0 bridgehead atoms. The first-order valence-electron chi connectivity index (χ1n) is 8.50. The quantitative estimate of drug-likeness (QED) is 0.887. The van der Waals surface area contributed by atoms with Crippen LogP contribution in [0, 0.1) is 0 Å². The Morgan fingerprint density at radius 3 is 2.32 bits per heavy atom. The predicted molar refractivity (Wildman–Crippen MR) is 99.3 cm³/mol. The van der Waals surface area contributed by atoms with Crippen LogP contribution in [0.15, 0.2) is 47.4 Å². The zero-order valence-electron chi connectivity index (χ0n) is 15.0. The molecule has 0 fully saturated rings. The fraction of sp³-hybridized carbons (Fsp3) is 0.400.